The van der Waals surface area contributed by atoms with Crippen molar-refractivity contribution in [2.45, 2.75) is 34.6 Å². The molecule has 0 heterocycles. The molecule has 2 aliphatic carbocycles. The minimum atomic E-state index is -0.562. The second-order valence-electron chi connectivity index (χ2n) is 6.21. The molecule has 0 fully saturated rings. The Morgan fingerprint density at radius 1 is 0.760 bits per heavy atom. The number of allylic oxidation sites excluding steroid dienone is 8. The standard InChI is InChI=1S/C21H24O4/c1-11-12(2)14(4)16-9-8-10-17(20(22)24-6)19(21(23)25-7)18(16)15(5)13(11)3/h8-10H,1-7H3. The monoisotopic (exact) mass is 340 g/mol. The molecule has 0 aliphatic heterocycles. The summed E-state index contributed by atoms with van der Waals surface area (Å²) in [5.74, 6) is -1.11. The molecule has 0 unspecified atom stereocenters. The SMILES string of the molecule is COC(=O)C1=C(C(=O)OC)C2=C(C)C(C)=C(C)C(C)=C(C)C2=CC=C1. The number of carbonyl (C=O) groups is 2. The van der Waals surface area contributed by atoms with Gasteiger partial charge in [-0.15, -0.1) is 0 Å². The molecule has 2 aliphatic rings. The molecule has 25 heavy (non-hydrogen) atoms. The van der Waals surface area contributed by atoms with E-state index in [-0.39, 0.29) is 11.1 Å². The van der Waals surface area contributed by atoms with Gasteiger partial charge in [-0.25, -0.2) is 9.59 Å². The van der Waals surface area contributed by atoms with Crippen LogP contribution in [0.5, 0.6) is 0 Å². The van der Waals surface area contributed by atoms with Crippen LogP contribution in [0, 0.1) is 0 Å². The van der Waals surface area contributed by atoms with Gasteiger partial charge in [-0.1, -0.05) is 12.2 Å². The minimum Gasteiger partial charge on any atom is -0.465 e. The van der Waals surface area contributed by atoms with E-state index in [1.165, 1.54) is 19.8 Å². The highest BCUT2D eigenvalue weighted by Crippen LogP contribution is 2.41. The van der Waals surface area contributed by atoms with Crippen LogP contribution in [-0.2, 0) is 19.1 Å². The third-order valence-electron chi connectivity index (χ3n) is 5.14. The second-order valence-corrected chi connectivity index (χ2v) is 6.21. The third kappa shape index (κ3) is 3.04. The summed E-state index contributed by atoms with van der Waals surface area (Å²) in [6.07, 6.45) is 5.31. The van der Waals surface area contributed by atoms with Crippen molar-refractivity contribution < 1.29 is 19.1 Å². The number of esters is 2. The van der Waals surface area contributed by atoms with Crippen LogP contribution in [-0.4, -0.2) is 26.2 Å². The first kappa shape index (κ1) is 18.7. The summed E-state index contributed by atoms with van der Waals surface area (Å²) in [5, 5.41) is 0. The first-order chi connectivity index (χ1) is 11.8. The Morgan fingerprint density at radius 3 is 1.84 bits per heavy atom. The van der Waals surface area contributed by atoms with Gasteiger partial charge < -0.3 is 9.47 Å². The summed E-state index contributed by atoms with van der Waals surface area (Å²) in [6.45, 7) is 10.2. The topological polar surface area (TPSA) is 52.6 Å². The maximum Gasteiger partial charge on any atom is 0.339 e. The average Bonchev–Trinajstić information content (AvgIpc) is 2.85. The Labute approximate surface area is 148 Å². The predicted octanol–water partition coefficient (Wildman–Crippen LogP) is 4.13. The molecule has 0 saturated heterocycles. The van der Waals surface area contributed by atoms with Gasteiger partial charge in [0.15, 0.2) is 0 Å². The summed E-state index contributed by atoms with van der Waals surface area (Å²) in [4.78, 5) is 24.9. The van der Waals surface area contributed by atoms with Crippen LogP contribution >= 0.6 is 0 Å². The highest BCUT2D eigenvalue weighted by Gasteiger charge is 2.31. The lowest BCUT2D eigenvalue weighted by Crippen LogP contribution is -2.17. The number of methoxy groups -OCH3 is 2. The normalized spacial score (nSPS) is 18.0. The van der Waals surface area contributed by atoms with Crippen LogP contribution < -0.4 is 0 Å². The molecule has 132 valence electrons. The minimum absolute atomic E-state index is 0.202. The highest BCUT2D eigenvalue weighted by atomic mass is 16.5. The van der Waals surface area contributed by atoms with Crippen LogP contribution in [0.4, 0.5) is 0 Å². The molecule has 0 bridgehead atoms. The molecule has 0 spiro atoms. The zero-order valence-electron chi connectivity index (χ0n) is 15.9. The van der Waals surface area contributed by atoms with Crippen molar-refractivity contribution >= 4 is 11.9 Å². The molecule has 0 aromatic heterocycles. The lowest BCUT2D eigenvalue weighted by atomic mass is 9.86. The van der Waals surface area contributed by atoms with E-state index in [0.29, 0.717) is 0 Å². The van der Waals surface area contributed by atoms with Crippen LogP contribution in [0.3, 0.4) is 0 Å². The molecule has 4 nitrogen and oxygen atoms in total. The van der Waals surface area contributed by atoms with Gasteiger partial charge in [0.25, 0.3) is 0 Å². The molecular weight excluding hydrogens is 316 g/mol. The molecule has 4 heteroatoms. The molecule has 0 atom stereocenters. The van der Waals surface area contributed by atoms with Crippen molar-refractivity contribution in [3.8, 4) is 0 Å². The number of hydrogen-bond acceptors (Lipinski definition) is 4. The van der Waals surface area contributed by atoms with Crippen LogP contribution in [0.1, 0.15) is 34.6 Å². The van der Waals surface area contributed by atoms with Gasteiger partial charge in [-0.05, 0) is 74.1 Å². The van der Waals surface area contributed by atoms with Crippen molar-refractivity contribution in [3.63, 3.8) is 0 Å². The van der Waals surface area contributed by atoms with Crippen molar-refractivity contribution in [2.75, 3.05) is 14.2 Å². The number of ether oxygens (including phenoxy) is 2. The van der Waals surface area contributed by atoms with Crippen molar-refractivity contribution in [1.29, 1.82) is 0 Å². The predicted molar refractivity (Wildman–Crippen MR) is 97.7 cm³/mol. The molecule has 0 radical (unpaired) electrons. The fourth-order valence-electron chi connectivity index (χ4n) is 3.21. The van der Waals surface area contributed by atoms with E-state index in [9.17, 15) is 9.59 Å². The van der Waals surface area contributed by atoms with Crippen molar-refractivity contribution in [2.24, 2.45) is 0 Å². The van der Waals surface area contributed by atoms with E-state index in [1.54, 1.807) is 12.2 Å². The lowest BCUT2D eigenvalue weighted by Gasteiger charge is -2.18. The van der Waals surface area contributed by atoms with Crippen molar-refractivity contribution in [1.82, 2.24) is 0 Å². The Kier molecular flexibility index (Phi) is 5.31. The fraction of sp³-hybridized carbons (Fsp3) is 0.333. The number of hydrogen-bond donors (Lipinski definition) is 0. The van der Waals surface area contributed by atoms with Gasteiger partial charge in [-0.2, -0.15) is 0 Å². The number of carbonyl (C=O) groups excluding carboxylic acids is 2. The fourth-order valence-corrected chi connectivity index (χ4v) is 3.21. The van der Waals surface area contributed by atoms with Gasteiger partial charge in [0, 0.05) is 5.57 Å². The van der Waals surface area contributed by atoms with Gasteiger partial charge in [0.1, 0.15) is 0 Å². The van der Waals surface area contributed by atoms with Gasteiger partial charge >= 0.3 is 11.9 Å². The average molecular weight is 340 g/mol. The Balaban J connectivity index is 2.98. The first-order valence-corrected chi connectivity index (χ1v) is 8.13. The zero-order chi connectivity index (χ0) is 18.9. The Bertz CT molecular complexity index is 839. The molecular formula is C21H24O4. The maximum absolute atomic E-state index is 12.6. The van der Waals surface area contributed by atoms with E-state index in [4.69, 9.17) is 9.47 Å². The van der Waals surface area contributed by atoms with Crippen LogP contribution in [0.25, 0.3) is 0 Å². The zero-order valence-corrected chi connectivity index (χ0v) is 15.9. The van der Waals surface area contributed by atoms with E-state index in [2.05, 4.69) is 13.8 Å². The Hall–Kier alpha value is -2.62. The van der Waals surface area contributed by atoms with Crippen molar-refractivity contribution in [3.05, 3.63) is 68.4 Å². The first-order valence-electron chi connectivity index (χ1n) is 8.13. The van der Waals surface area contributed by atoms with E-state index in [1.807, 2.05) is 26.8 Å². The lowest BCUT2D eigenvalue weighted by molar-refractivity contribution is -0.138. The number of fused-ring (bicyclic) bond motifs is 1. The summed E-state index contributed by atoms with van der Waals surface area (Å²) < 4.78 is 9.89. The number of rotatable bonds is 2. The largest absolute Gasteiger partial charge is 0.465 e. The van der Waals surface area contributed by atoms with Crippen LogP contribution in [0.2, 0.25) is 0 Å². The summed E-state index contributed by atoms with van der Waals surface area (Å²) >= 11 is 0. The van der Waals surface area contributed by atoms with E-state index >= 15 is 0 Å². The smallest absolute Gasteiger partial charge is 0.339 e. The van der Waals surface area contributed by atoms with Crippen LogP contribution in [0.15, 0.2) is 68.4 Å². The molecule has 0 aromatic rings. The maximum atomic E-state index is 12.6. The Morgan fingerprint density at radius 2 is 1.28 bits per heavy atom. The van der Waals surface area contributed by atoms with E-state index in [0.717, 1.165) is 33.4 Å². The quantitative estimate of drug-likeness (QED) is 0.709. The summed E-state index contributed by atoms with van der Waals surface area (Å²) in [6, 6.07) is 0. The summed E-state index contributed by atoms with van der Waals surface area (Å²) in [5.41, 5.74) is 7.53. The molecule has 0 saturated carbocycles. The molecule has 0 aromatic carbocycles. The molecule has 0 N–H and O–H groups in total. The van der Waals surface area contributed by atoms with Gasteiger partial charge in [-0.3, -0.25) is 0 Å². The molecule has 2 rings (SSSR count). The molecule has 0 amide bonds. The van der Waals surface area contributed by atoms with Gasteiger partial charge in [0.05, 0.1) is 25.4 Å². The second kappa shape index (κ2) is 7.09. The third-order valence-corrected chi connectivity index (χ3v) is 5.14. The summed E-state index contributed by atoms with van der Waals surface area (Å²) in [7, 11) is 2.62. The van der Waals surface area contributed by atoms with E-state index < -0.39 is 11.9 Å². The van der Waals surface area contributed by atoms with Gasteiger partial charge in [0.2, 0.25) is 0 Å². The highest BCUT2D eigenvalue weighted by molar-refractivity contribution is 6.07.